The average Bonchev–Trinajstić information content (AvgIpc) is 2.52. The number of carbonyl (C=O) groups is 1. The van der Waals surface area contributed by atoms with E-state index in [1.165, 1.54) is 58.0 Å². The highest BCUT2D eigenvalue weighted by Gasteiger charge is 2.35. The fourth-order valence-electron chi connectivity index (χ4n) is 3.95. The Hall–Kier alpha value is -0.610. The monoisotopic (exact) mass is 295 g/mol. The number of hydrogen-bond donors (Lipinski definition) is 1. The molecule has 2 fully saturated rings. The van der Waals surface area contributed by atoms with Gasteiger partial charge in [0.05, 0.1) is 0 Å². The summed E-state index contributed by atoms with van der Waals surface area (Å²) in [4.78, 5) is 16.4. The van der Waals surface area contributed by atoms with Gasteiger partial charge in [0, 0.05) is 26.6 Å². The molecule has 0 radical (unpaired) electrons. The molecule has 0 aromatic rings. The topological polar surface area (TPSA) is 49.6 Å². The van der Waals surface area contributed by atoms with Gasteiger partial charge in [0.2, 0.25) is 5.91 Å². The molecule has 1 heterocycles. The smallest absolute Gasteiger partial charge is 0.223 e. The maximum Gasteiger partial charge on any atom is 0.223 e. The van der Waals surface area contributed by atoms with Crippen LogP contribution < -0.4 is 5.73 Å². The van der Waals surface area contributed by atoms with E-state index in [0.29, 0.717) is 18.4 Å². The van der Waals surface area contributed by atoms with Gasteiger partial charge >= 0.3 is 0 Å². The number of rotatable bonds is 6. The van der Waals surface area contributed by atoms with Crippen molar-refractivity contribution >= 4 is 5.91 Å². The molecular formula is C17H33N3O. The molecule has 2 rings (SSSR count). The summed E-state index contributed by atoms with van der Waals surface area (Å²) in [6.07, 6.45) is 11.5. The van der Waals surface area contributed by atoms with Crippen LogP contribution in [0.2, 0.25) is 0 Å². The van der Waals surface area contributed by atoms with Crippen molar-refractivity contribution in [1.29, 1.82) is 0 Å². The number of nitrogens with two attached hydrogens (primary N) is 1. The molecule has 2 N–H and O–H groups in total. The second-order valence-corrected chi connectivity index (χ2v) is 7.11. The number of carbonyl (C=O) groups excluding carboxylic acids is 1. The predicted octanol–water partition coefficient (Wildman–Crippen LogP) is 2.23. The lowest BCUT2D eigenvalue weighted by Crippen LogP contribution is -2.42. The molecule has 1 spiro atoms. The Morgan fingerprint density at radius 3 is 2.43 bits per heavy atom. The van der Waals surface area contributed by atoms with E-state index in [1.807, 2.05) is 11.9 Å². The van der Waals surface area contributed by atoms with Gasteiger partial charge in [-0.25, -0.2) is 0 Å². The highest BCUT2D eigenvalue weighted by atomic mass is 16.2. The fraction of sp³-hybridized carbons (Fsp3) is 0.941. The van der Waals surface area contributed by atoms with Gasteiger partial charge in [-0.2, -0.15) is 0 Å². The van der Waals surface area contributed by atoms with Gasteiger partial charge < -0.3 is 15.5 Å². The van der Waals surface area contributed by atoms with Gasteiger partial charge in [-0.3, -0.25) is 4.79 Å². The highest BCUT2D eigenvalue weighted by molar-refractivity contribution is 5.76. The van der Waals surface area contributed by atoms with Crippen LogP contribution in [0.4, 0.5) is 0 Å². The Balaban J connectivity index is 1.65. The predicted molar refractivity (Wildman–Crippen MR) is 87.1 cm³/mol. The molecule has 0 aromatic heterocycles. The standard InChI is InChI=1S/C17H33N3O/c1-19(12-5-11-18)16(21)6-13-20-14-9-17(10-15-20)7-3-2-4-8-17/h2-15,18H2,1H3. The number of nitrogens with zero attached hydrogens (tertiary/aromatic N) is 2. The Kier molecular flexibility index (Phi) is 6.49. The number of amides is 1. The van der Waals surface area contributed by atoms with E-state index >= 15 is 0 Å². The van der Waals surface area contributed by atoms with Crippen molar-refractivity contribution in [2.24, 2.45) is 11.1 Å². The molecule has 0 bridgehead atoms. The Labute approximate surface area is 130 Å². The van der Waals surface area contributed by atoms with Crippen molar-refractivity contribution in [3.05, 3.63) is 0 Å². The third-order valence-corrected chi connectivity index (χ3v) is 5.60. The van der Waals surface area contributed by atoms with Crippen molar-refractivity contribution in [2.75, 3.05) is 39.8 Å². The minimum atomic E-state index is 0.265. The molecule has 1 saturated carbocycles. The highest BCUT2D eigenvalue weighted by Crippen LogP contribution is 2.44. The lowest BCUT2D eigenvalue weighted by atomic mass is 9.68. The Bertz CT molecular complexity index is 316. The first kappa shape index (κ1) is 16.8. The minimum Gasteiger partial charge on any atom is -0.346 e. The molecule has 21 heavy (non-hydrogen) atoms. The molecule has 0 atom stereocenters. The zero-order valence-electron chi connectivity index (χ0n) is 13.8. The Morgan fingerprint density at radius 1 is 1.14 bits per heavy atom. The average molecular weight is 295 g/mol. The zero-order valence-corrected chi connectivity index (χ0v) is 13.8. The summed E-state index contributed by atoms with van der Waals surface area (Å²) in [5, 5.41) is 0. The lowest BCUT2D eigenvalue weighted by molar-refractivity contribution is -0.130. The van der Waals surface area contributed by atoms with E-state index in [4.69, 9.17) is 5.73 Å². The van der Waals surface area contributed by atoms with Crippen molar-refractivity contribution in [1.82, 2.24) is 9.80 Å². The van der Waals surface area contributed by atoms with Crippen LogP contribution in [-0.2, 0) is 4.79 Å². The second-order valence-electron chi connectivity index (χ2n) is 7.11. The molecule has 122 valence electrons. The van der Waals surface area contributed by atoms with Crippen molar-refractivity contribution in [3.8, 4) is 0 Å². The normalized spacial score (nSPS) is 22.4. The summed E-state index contributed by atoms with van der Waals surface area (Å²) in [7, 11) is 1.89. The second kappa shape index (κ2) is 8.14. The summed E-state index contributed by atoms with van der Waals surface area (Å²) in [6, 6.07) is 0. The zero-order chi connectivity index (χ0) is 15.1. The van der Waals surface area contributed by atoms with Crippen LogP contribution in [0, 0.1) is 5.41 Å². The van der Waals surface area contributed by atoms with Gasteiger partial charge in [0.15, 0.2) is 0 Å². The molecule has 1 aliphatic carbocycles. The summed E-state index contributed by atoms with van der Waals surface area (Å²) >= 11 is 0. The van der Waals surface area contributed by atoms with Gasteiger partial charge in [0.1, 0.15) is 0 Å². The summed E-state index contributed by atoms with van der Waals surface area (Å²) in [5.74, 6) is 0.265. The van der Waals surface area contributed by atoms with Crippen LogP contribution in [0.3, 0.4) is 0 Å². The van der Waals surface area contributed by atoms with Gasteiger partial charge in [-0.15, -0.1) is 0 Å². The van der Waals surface area contributed by atoms with Crippen LogP contribution in [0.1, 0.15) is 57.8 Å². The van der Waals surface area contributed by atoms with Crippen molar-refractivity contribution in [3.63, 3.8) is 0 Å². The van der Waals surface area contributed by atoms with Crippen LogP contribution in [-0.4, -0.2) is 55.5 Å². The molecule has 4 heteroatoms. The third-order valence-electron chi connectivity index (χ3n) is 5.60. The first-order valence-corrected chi connectivity index (χ1v) is 8.82. The van der Waals surface area contributed by atoms with Crippen LogP contribution in [0.25, 0.3) is 0 Å². The molecule has 0 unspecified atom stereocenters. The molecular weight excluding hydrogens is 262 g/mol. The van der Waals surface area contributed by atoms with Crippen molar-refractivity contribution < 1.29 is 4.79 Å². The number of piperidine rings is 1. The lowest BCUT2D eigenvalue weighted by Gasteiger charge is -2.44. The molecule has 1 aliphatic heterocycles. The molecule has 2 aliphatic rings. The molecule has 1 saturated heterocycles. The summed E-state index contributed by atoms with van der Waals surface area (Å²) in [6.45, 7) is 4.77. The largest absolute Gasteiger partial charge is 0.346 e. The Morgan fingerprint density at radius 2 is 1.81 bits per heavy atom. The van der Waals surface area contributed by atoms with E-state index in [-0.39, 0.29) is 5.91 Å². The third kappa shape index (κ3) is 4.96. The van der Waals surface area contributed by atoms with E-state index in [0.717, 1.165) is 19.5 Å². The van der Waals surface area contributed by atoms with Crippen LogP contribution >= 0.6 is 0 Å². The first-order valence-electron chi connectivity index (χ1n) is 8.82. The number of likely N-dealkylation sites (tertiary alicyclic amines) is 1. The summed E-state index contributed by atoms with van der Waals surface area (Å²) < 4.78 is 0. The van der Waals surface area contributed by atoms with E-state index < -0.39 is 0 Å². The fourth-order valence-corrected chi connectivity index (χ4v) is 3.95. The van der Waals surface area contributed by atoms with Gasteiger partial charge in [-0.05, 0) is 57.2 Å². The maximum absolute atomic E-state index is 12.0. The first-order chi connectivity index (χ1) is 10.2. The molecule has 1 amide bonds. The molecule has 4 nitrogen and oxygen atoms in total. The number of hydrogen-bond acceptors (Lipinski definition) is 3. The maximum atomic E-state index is 12.0. The van der Waals surface area contributed by atoms with E-state index in [2.05, 4.69) is 4.90 Å². The molecule has 0 aromatic carbocycles. The minimum absolute atomic E-state index is 0.265. The van der Waals surface area contributed by atoms with E-state index in [1.54, 1.807) is 0 Å². The quantitative estimate of drug-likeness (QED) is 0.817. The van der Waals surface area contributed by atoms with Gasteiger partial charge in [0.25, 0.3) is 0 Å². The van der Waals surface area contributed by atoms with Crippen LogP contribution in [0.5, 0.6) is 0 Å². The van der Waals surface area contributed by atoms with Gasteiger partial charge in [-0.1, -0.05) is 19.3 Å². The van der Waals surface area contributed by atoms with Crippen molar-refractivity contribution in [2.45, 2.75) is 57.8 Å². The summed E-state index contributed by atoms with van der Waals surface area (Å²) in [5.41, 5.74) is 6.15. The SMILES string of the molecule is CN(CCCN)C(=O)CCN1CCC2(CCCCC2)CC1. The van der Waals surface area contributed by atoms with E-state index in [9.17, 15) is 4.79 Å². The van der Waals surface area contributed by atoms with Crippen LogP contribution in [0.15, 0.2) is 0 Å².